The van der Waals surface area contributed by atoms with E-state index in [2.05, 4.69) is 49.0 Å². The highest BCUT2D eigenvalue weighted by Crippen LogP contribution is 2.33. The number of aliphatic imine (C=N–C) groups is 2. The Kier molecular flexibility index (Phi) is 7.31. The zero-order chi connectivity index (χ0) is 23.2. The molecule has 9 nitrogen and oxygen atoms in total. The number of aryl methyl sites for hydroxylation is 2. The van der Waals surface area contributed by atoms with Crippen LogP contribution in [-0.4, -0.2) is 65.7 Å². The summed E-state index contributed by atoms with van der Waals surface area (Å²) < 4.78 is 11.4. The second-order valence-corrected chi connectivity index (χ2v) is 8.00. The Morgan fingerprint density at radius 2 is 2.18 bits per heavy atom. The van der Waals surface area contributed by atoms with Crippen molar-refractivity contribution in [2.45, 2.75) is 20.3 Å². The Bertz CT molecular complexity index is 1170. The van der Waals surface area contributed by atoms with Crippen LogP contribution in [0, 0.1) is 6.92 Å². The molecule has 0 amide bonds. The summed E-state index contributed by atoms with van der Waals surface area (Å²) in [5.41, 5.74) is 3.05. The monoisotopic (exact) mass is 469 g/mol. The predicted octanol–water partition coefficient (Wildman–Crippen LogP) is 4.14. The number of anilines is 1. The van der Waals surface area contributed by atoms with Crippen LogP contribution in [0.25, 0.3) is 10.9 Å². The van der Waals surface area contributed by atoms with Crippen LogP contribution in [0.5, 0.6) is 5.75 Å². The number of hydrogen-bond donors (Lipinski definition) is 3. The first-order chi connectivity index (χ1) is 16.1. The van der Waals surface area contributed by atoms with Crippen LogP contribution in [-0.2, 0) is 11.2 Å². The number of aromatic nitrogens is 3. The molecule has 3 heterocycles. The molecule has 0 radical (unpaired) electrons. The van der Waals surface area contributed by atoms with Crippen LogP contribution >= 0.6 is 11.6 Å². The fourth-order valence-electron chi connectivity index (χ4n) is 3.58. The van der Waals surface area contributed by atoms with Crippen molar-refractivity contribution >= 4 is 40.9 Å². The molecule has 0 atom stereocenters. The normalized spacial score (nSPS) is 15.2. The molecule has 0 unspecified atom stereocenters. The highest BCUT2D eigenvalue weighted by molar-refractivity contribution is 6.37. The Balaban J connectivity index is 1.53. The summed E-state index contributed by atoms with van der Waals surface area (Å²) in [6, 6.07) is 7.74. The quantitative estimate of drug-likeness (QED) is 0.340. The highest BCUT2D eigenvalue weighted by atomic mass is 35.5. The molecular formula is C23H28ClN7O2. The van der Waals surface area contributed by atoms with Crippen molar-refractivity contribution < 1.29 is 9.47 Å². The molecule has 1 fully saturated rings. The third kappa shape index (κ3) is 5.55. The average molecular weight is 470 g/mol. The van der Waals surface area contributed by atoms with E-state index in [1.165, 1.54) is 0 Å². The molecule has 33 heavy (non-hydrogen) atoms. The molecule has 1 aliphatic heterocycles. The van der Waals surface area contributed by atoms with Gasteiger partial charge in [-0.15, -0.1) is 0 Å². The Hall–Kier alpha value is -3.30. The van der Waals surface area contributed by atoms with Crippen molar-refractivity contribution in [3.63, 3.8) is 0 Å². The molecule has 1 aliphatic rings. The van der Waals surface area contributed by atoms with Crippen LogP contribution in [0.4, 0.5) is 5.82 Å². The van der Waals surface area contributed by atoms with E-state index in [4.69, 9.17) is 21.1 Å². The summed E-state index contributed by atoms with van der Waals surface area (Å²) in [4.78, 5) is 14.2. The molecule has 1 aromatic carbocycles. The molecule has 3 aromatic rings. The van der Waals surface area contributed by atoms with Gasteiger partial charge >= 0.3 is 0 Å². The molecule has 10 heteroatoms. The number of morpholine rings is 1. The van der Waals surface area contributed by atoms with Crippen LogP contribution < -0.4 is 10.1 Å². The third-order valence-corrected chi connectivity index (χ3v) is 5.71. The standard InChI is InChI=1S/C23H28ClN7O2/c1-4-16-12-21(30-29-16)28-20(25-3)13-22(31-7-9-32-10-8-31)26-14-33-19-6-5-18-17(23(19)24)11-15(2)27-18/h5-6,11-13,27H,3-4,7-10,14H2,1-2H3,(H2,28,29,30)/b20-13+,26-22+. The smallest absolute Gasteiger partial charge is 0.181 e. The lowest BCUT2D eigenvalue weighted by molar-refractivity contribution is 0.0681. The van der Waals surface area contributed by atoms with Gasteiger partial charge in [0.15, 0.2) is 12.5 Å². The van der Waals surface area contributed by atoms with Crippen molar-refractivity contribution in [1.82, 2.24) is 20.1 Å². The van der Waals surface area contributed by atoms with Gasteiger partial charge in [-0.2, -0.15) is 5.10 Å². The summed E-state index contributed by atoms with van der Waals surface area (Å²) in [6.45, 7) is 10.5. The maximum absolute atomic E-state index is 6.55. The predicted molar refractivity (Wildman–Crippen MR) is 133 cm³/mol. The van der Waals surface area contributed by atoms with Gasteiger partial charge < -0.3 is 24.7 Å². The molecule has 0 bridgehead atoms. The largest absolute Gasteiger partial charge is 0.470 e. The van der Waals surface area contributed by atoms with Gasteiger partial charge in [-0.3, -0.25) is 5.10 Å². The number of amidine groups is 1. The van der Waals surface area contributed by atoms with E-state index in [9.17, 15) is 0 Å². The summed E-state index contributed by atoms with van der Waals surface area (Å²) in [7, 11) is 0. The van der Waals surface area contributed by atoms with E-state index in [0.717, 1.165) is 41.8 Å². The fraction of sp³-hybridized carbons (Fsp3) is 0.348. The summed E-state index contributed by atoms with van der Waals surface area (Å²) in [5, 5.41) is 11.9. The lowest BCUT2D eigenvalue weighted by Crippen LogP contribution is -2.40. The van der Waals surface area contributed by atoms with Crippen molar-refractivity contribution in [3.8, 4) is 5.75 Å². The van der Waals surface area contributed by atoms with Gasteiger partial charge in [0.2, 0.25) is 0 Å². The summed E-state index contributed by atoms with van der Waals surface area (Å²) >= 11 is 6.55. The number of rotatable bonds is 8. The van der Waals surface area contributed by atoms with E-state index in [0.29, 0.717) is 41.5 Å². The Labute approximate surface area is 197 Å². The number of ether oxygens (including phenoxy) is 2. The zero-order valence-electron chi connectivity index (χ0n) is 18.8. The second kappa shape index (κ2) is 10.5. The first-order valence-electron chi connectivity index (χ1n) is 10.8. The maximum atomic E-state index is 6.55. The minimum atomic E-state index is 0.102. The molecule has 0 spiro atoms. The third-order valence-electron chi connectivity index (χ3n) is 5.32. The van der Waals surface area contributed by atoms with Crippen LogP contribution in [0.2, 0.25) is 5.02 Å². The molecule has 0 aliphatic carbocycles. The molecular weight excluding hydrogens is 442 g/mol. The molecule has 4 rings (SSSR count). The van der Waals surface area contributed by atoms with E-state index in [1.54, 1.807) is 0 Å². The lowest BCUT2D eigenvalue weighted by Gasteiger charge is -2.28. The van der Waals surface area contributed by atoms with Gasteiger partial charge in [0, 0.05) is 47.5 Å². The first kappa shape index (κ1) is 22.9. The van der Waals surface area contributed by atoms with Crippen molar-refractivity contribution in [1.29, 1.82) is 0 Å². The Morgan fingerprint density at radius 3 is 2.91 bits per heavy atom. The molecule has 0 saturated carbocycles. The van der Waals surface area contributed by atoms with E-state index < -0.39 is 0 Å². The van der Waals surface area contributed by atoms with Crippen LogP contribution in [0.3, 0.4) is 0 Å². The summed E-state index contributed by atoms with van der Waals surface area (Å²) in [5.74, 6) is 2.51. The van der Waals surface area contributed by atoms with Crippen molar-refractivity contribution in [3.05, 3.63) is 52.6 Å². The fourth-order valence-corrected chi connectivity index (χ4v) is 3.85. The SMILES string of the molecule is C=N/C(=C\C(=N/COc1ccc2[nH]c(C)cc2c1Cl)N1CCOCC1)Nc1cc(CC)[nH]n1. The van der Waals surface area contributed by atoms with Gasteiger partial charge in [-0.1, -0.05) is 18.5 Å². The molecule has 2 aromatic heterocycles. The number of halogens is 1. The first-order valence-corrected chi connectivity index (χ1v) is 11.2. The molecule has 1 saturated heterocycles. The number of nitrogens with zero attached hydrogens (tertiary/aromatic N) is 4. The molecule has 174 valence electrons. The van der Waals surface area contributed by atoms with E-state index in [1.807, 2.05) is 37.3 Å². The van der Waals surface area contributed by atoms with E-state index >= 15 is 0 Å². The minimum absolute atomic E-state index is 0.102. The number of H-pyrrole nitrogens is 2. The highest BCUT2D eigenvalue weighted by Gasteiger charge is 2.15. The summed E-state index contributed by atoms with van der Waals surface area (Å²) in [6.07, 6.45) is 2.70. The Morgan fingerprint density at radius 1 is 1.36 bits per heavy atom. The van der Waals surface area contributed by atoms with Crippen LogP contribution in [0.1, 0.15) is 18.3 Å². The second-order valence-electron chi connectivity index (χ2n) is 7.63. The van der Waals surface area contributed by atoms with Crippen LogP contribution in [0.15, 0.2) is 46.1 Å². The topological polar surface area (TPSA) is 103 Å². The van der Waals surface area contributed by atoms with Gasteiger partial charge in [0.1, 0.15) is 17.4 Å². The van der Waals surface area contributed by atoms with Gasteiger partial charge in [0.05, 0.1) is 18.2 Å². The number of aromatic amines is 2. The number of nitrogens with one attached hydrogen (secondary N) is 3. The molecule has 3 N–H and O–H groups in total. The maximum Gasteiger partial charge on any atom is 0.181 e. The van der Waals surface area contributed by atoms with E-state index in [-0.39, 0.29) is 6.73 Å². The number of benzene rings is 1. The minimum Gasteiger partial charge on any atom is -0.470 e. The zero-order valence-corrected chi connectivity index (χ0v) is 19.6. The number of fused-ring (bicyclic) bond motifs is 1. The van der Waals surface area contributed by atoms with Gasteiger partial charge in [-0.05, 0) is 38.3 Å². The average Bonchev–Trinajstić information content (AvgIpc) is 3.45. The van der Waals surface area contributed by atoms with Crippen molar-refractivity contribution in [2.24, 2.45) is 9.98 Å². The van der Waals surface area contributed by atoms with Crippen molar-refractivity contribution in [2.75, 3.05) is 38.4 Å². The lowest BCUT2D eigenvalue weighted by atomic mass is 10.2. The van der Waals surface area contributed by atoms with Gasteiger partial charge in [-0.25, -0.2) is 9.98 Å². The number of hydrogen-bond acceptors (Lipinski definition) is 6. The van der Waals surface area contributed by atoms with Gasteiger partial charge in [0.25, 0.3) is 0 Å².